The summed E-state index contributed by atoms with van der Waals surface area (Å²) >= 11 is 0. The molecular formula is C26H25N3O5. The van der Waals surface area contributed by atoms with E-state index in [9.17, 15) is 14.7 Å². The Kier molecular flexibility index (Phi) is 5.81. The molecule has 3 aromatic rings. The molecule has 34 heavy (non-hydrogen) atoms. The predicted octanol–water partition coefficient (Wildman–Crippen LogP) is 2.66. The number of carbonyl (C=O) groups excluding carboxylic acids is 1. The monoisotopic (exact) mass is 459 g/mol. The summed E-state index contributed by atoms with van der Waals surface area (Å²) in [6.45, 7) is 0.758. The summed E-state index contributed by atoms with van der Waals surface area (Å²) in [5.41, 5.74) is 1.18. The van der Waals surface area contributed by atoms with Gasteiger partial charge in [-0.3, -0.25) is 19.3 Å². The number of pyridine rings is 1. The maximum Gasteiger partial charge on any atom is 0.278 e. The Labute approximate surface area is 196 Å². The molecule has 0 fully saturated rings. The number of aromatic hydroxyl groups is 1. The molecule has 1 amide bonds. The van der Waals surface area contributed by atoms with Gasteiger partial charge in [0.2, 0.25) is 5.43 Å². The highest BCUT2D eigenvalue weighted by atomic mass is 16.5. The number of para-hydroxylation sites is 1. The first-order valence-corrected chi connectivity index (χ1v) is 11.0. The number of ether oxygens (including phenoxy) is 2. The fourth-order valence-corrected chi connectivity index (χ4v) is 4.57. The normalized spacial score (nSPS) is 20.6. The van der Waals surface area contributed by atoms with E-state index in [2.05, 4.69) is 0 Å². The maximum atomic E-state index is 13.6. The zero-order valence-corrected chi connectivity index (χ0v) is 18.7. The van der Waals surface area contributed by atoms with Gasteiger partial charge in [0.05, 0.1) is 12.6 Å². The molecule has 8 heteroatoms. The number of nitrogens with zero attached hydrogens (tertiary/aromatic N) is 3. The number of hydrogen-bond acceptors (Lipinski definition) is 6. The lowest BCUT2D eigenvalue weighted by atomic mass is 9.97. The minimum Gasteiger partial charge on any atom is -0.502 e. The first-order chi connectivity index (χ1) is 16.6. The molecule has 2 bridgehead atoms. The van der Waals surface area contributed by atoms with Gasteiger partial charge >= 0.3 is 0 Å². The fraction of sp³-hybridized carbons (Fsp3) is 0.231. The number of benzene rings is 2. The molecule has 0 spiro atoms. The van der Waals surface area contributed by atoms with Crippen molar-refractivity contribution in [2.45, 2.75) is 12.1 Å². The molecule has 0 radical (unpaired) electrons. The Bertz CT molecular complexity index is 1290. The highest BCUT2D eigenvalue weighted by molar-refractivity contribution is 5.96. The van der Waals surface area contributed by atoms with Crippen LogP contribution in [-0.2, 0) is 4.74 Å². The van der Waals surface area contributed by atoms with Crippen LogP contribution in [0, 0.1) is 0 Å². The SMILES string of the molecule is COC[C@@H]1/C=C/COc2ccccc2[C@H](c2ccccc2)N2CN1C(=O)c1c(O)c(=O)ccn12. The smallest absolute Gasteiger partial charge is 0.278 e. The lowest BCUT2D eigenvalue weighted by Gasteiger charge is -2.45. The topological polar surface area (TPSA) is 84.2 Å². The van der Waals surface area contributed by atoms with E-state index < -0.39 is 23.1 Å². The van der Waals surface area contributed by atoms with E-state index in [1.165, 1.54) is 12.3 Å². The first-order valence-electron chi connectivity index (χ1n) is 11.0. The summed E-state index contributed by atoms with van der Waals surface area (Å²) < 4.78 is 13.1. The average Bonchev–Trinajstić information content (AvgIpc) is 2.88. The zero-order chi connectivity index (χ0) is 23.7. The number of carbonyl (C=O) groups is 1. The Morgan fingerprint density at radius 3 is 2.62 bits per heavy atom. The summed E-state index contributed by atoms with van der Waals surface area (Å²) in [7, 11) is 1.57. The molecule has 174 valence electrons. The van der Waals surface area contributed by atoms with Crippen LogP contribution in [0.25, 0.3) is 0 Å². The minimum absolute atomic E-state index is 0.0770. The van der Waals surface area contributed by atoms with E-state index in [0.29, 0.717) is 12.4 Å². The first kappa shape index (κ1) is 21.8. The molecule has 2 aromatic carbocycles. The Morgan fingerprint density at radius 2 is 1.82 bits per heavy atom. The largest absolute Gasteiger partial charge is 0.502 e. The van der Waals surface area contributed by atoms with Crippen molar-refractivity contribution in [2.75, 3.05) is 32.0 Å². The average molecular weight is 460 g/mol. The molecule has 8 nitrogen and oxygen atoms in total. The molecule has 1 aromatic heterocycles. The number of aromatic nitrogens is 1. The van der Waals surface area contributed by atoms with E-state index in [4.69, 9.17) is 9.47 Å². The van der Waals surface area contributed by atoms with Crippen LogP contribution in [0.4, 0.5) is 0 Å². The van der Waals surface area contributed by atoms with Gasteiger partial charge in [-0.15, -0.1) is 0 Å². The van der Waals surface area contributed by atoms with Gasteiger partial charge in [0, 0.05) is 24.9 Å². The highest BCUT2D eigenvalue weighted by Gasteiger charge is 2.39. The van der Waals surface area contributed by atoms with Crippen LogP contribution in [-0.4, -0.2) is 53.6 Å². The molecule has 1 N–H and O–H groups in total. The summed E-state index contributed by atoms with van der Waals surface area (Å²) in [4.78, 5) is 27.5. The lowest BCUT2D eigenvalue weighted by molar-refractivity contribution is 0.0518. The van der Waals surface area contributed by atoms with Gasteiger partial charge in [-0.05, 0) is 17.7 Å². The standard InChI is InChI=1S/C26H25N3O5/c1-33-16-19-10-7-15-34-22-12-6-5-11-20(22)23(18-8-3-2-4-9-18)29-17-27(19)26(32)24-25(31)21(30)13-14-28(24)29/h2-14,19,23,31H,15-17H2,1H3/b10-7+/t19-,23-/m0/s1. The Hall–Kier alpha value is -4.04. The van der Waals surface area contributed by atoms with Crippen molar-refractivity contribution in [3.8, 4) is 11.5 Å². The molecular weight excluding hydrogens is 434 g/mol. The van der Waals surface area contributed by atoms with Crippen LogP contribution >= 0.6 is 0 Å². The second-order valence-electron chi connectivity index (χ2n) is 8.19. The number of fused-ring (bicyclic) bond motifs is 5. The number of methoxy groups -OCH3 is 1. The molecule has 0 saturated carbocycles. The van der Waals surface area contributed by atoms with Crippen LogP contribution in [0.15, 0.2) is 83.8 Å². The highest BCUT2D eigenvalue weighted by Crippen LogP contribution is 2.37. The molecule has 2 aliphatic heterocycles. The van der Waals surface area contributed by atoms with Crippen molar-refractivity contribution in [1.29, 1.82) is 0 Å². The Balaban J connectivity index is 1.80. The van der Waals surface area contributed by atoms with Gasteiger partial charge in [-0.25, -0.2) is 0 Å². The predicted molar refractivity (Wildman–Crippen MR) is 127 cm³/mol. The lowest BCUT2D eigenvalue weighted by Crippen LogP contribution is -2.58. The maximum absolute atomic E-state index is 13.6. The summed E-state index contributed by atoms with van der Waals surface area (Å²) in [6.07, 6.45) is 5.25. The second kappa shape index (κ2) is 9.07. The molecule has 5 rings (SSSR count). The molecule has 3 heterocycles. The van der Waals surface area contributed by atoms with E-state index in [1.807, 2.05) is 71.8 Å². The summed E-state index contributed by atoms with van der Waals surface area (Å²) in [5.74, 6) is -0.312. The van der Waals surface area contributed by atoms with Crippen LogP contribution in [0.1, 0.15) is 27.7 Å². The minimum atomic E-state index is -0.607. The number of hydrogen-bond donors (Lipinski definition) is 1. The molecule has 2 atom stereocenters. The molecule has 0 aliphatic carbocycles. The van der Waals surface area contributed by atoms with Crippen LogP contribution in [0.5, 0.6) is 11.5 Å². The van der Waals surface area contributed by atoms with Crippen LogP contribution < -0.4 is 15.2 Å². The van der Waals surface area contributed by atoms with E-state index in [-0.39, 0.29) is 25.0 Å². The van der Waals surface area contributed by atoms with Crippen molar-refractivity contribution in [2.24, 2.45) is 0 Å². The van der Waals surface area contributed by atoms with Gasteiger partial charge in [0.1, 0.15) is 25.1 Å². The second-order valence-corrected chi connectivity index (χ2v) is 8.19. The van der Waals surface area contributed by atoms with Gasteiger partial charge in [0.15, 0.2) is 11.4 Å². The van der Waals surface area contributed by atoms with Crippen LogP contribution in [0.2, 0.25) is 0 Å². The number of rotatable bonds is 3. The third-order valence-electron chi connectivity index (χ3n) is 6.15. The van der Waals surface area contributed by atoms with E-state index in [0.717, 1.165) is 11.1 Å². The van der Waals surface area contributed by atoms with Gasteiger partial charge in [-0.2, -0.15) is 0 Å². The van der Waals surface area contributed by atoms with Gasteiger partial charge < -0.3 is 19.5 Å². The third-order valence-corrected chi connectivity index (χ3v) is 6.15. The molecule has 2 aliphatic rings. The zero-order valence-electron chi connectivity index (χ0n) is 18.7. The van der Waals surface area contributed by atoms with E-state index in [1.54, 1.807) is 16.7 Å². The van der Waals surface area contributed by atoms with Crippen molar-refractivity contribution in [3.05, 3.63) is 106 Å². The Morgan fingerprint density at radius 1 is 1.06 bits per heavy atom. The van der Waals surface area contributed by atoms with Crippen LogP contribution in [0.3, 0.4) is 0 Å². The van der Waals surface area contributed by atoms with Gasteiger partial charge in [0.25, 0.3) is 5.91 Å². The summed E-state index contributed by atoms with van der Waals surface area (Å²) in [5, 5.41) is 12.7. The van der Waals surface area contributed by atoms with Crippen molar-refractivity contribution >= 4 is 5.91 Å². The van der Waals surface area contributed by atoms with Crippen molar-refractivity contribution in [1.82, 2.24) is 9.58 Å². The molecule has 0 unspecified atom stereocenters. The fourth-order valence-electron chi connectivity index (χ4n) is 4.57. The van der Waals surface area contributed by atoms with Gasteiger partial charge in [-0.1, -0.05) is 54.6 Å². The van der Waals surface area contributed by atoms with Crippen molar-refractivity contribution < 1.29 is 19.4 Å². The summed E-state index contributed by atoms with van der Waals surface area (Å²) in [6, 6.07) is 18.1. The third kappa shape index (κ3) is 3.72. The quantitative estimate of drug-likeness (QED) is 0.607. The van der Waals surface area contributed by atoms with E-state index >= 15 is 0 Å². The van der Waals surface area contributed by atoms with Crippen molar-refractivity contribution in [3.63, 3.8) is 0 Å². The number of amides is 1. The molecule has 0 saturated heterocycles.